The Morgan fingerprint density at radius 2 is 1.54 bits per heavy atom. The fraction of sp³-hybridized carbons (Fsp3) is 1.00. The molecule has 0 spiro atoms. The highest BCUT2D eigenvalue weighted by Gasteiger charge is 2.38. The summed E-state index contributed by atoms with van der Waals surface area (Å²) < 4.78 is 0. The van der Waals surface area contributed by atoms with Crippen LogP contribution in [0.1, 0.15) is 53.4 Å². The van der Waals surface area contributed by atoms with E-state index in [1.807, 2.05) is 0 Å². The molecule has 0 radical (unpaired) electrons. The van der Waals surface area contributed by atoms with Gasteiger partial charge in [0.2, 0.25) is 0 Å². The zero-order valence-corrected chi connectivity index (χ0v) is 9.64. The first kappa shape index (κ1) is 11.0. The summed E-state index contributed by atoms with van der Waals surface area (Å²) in [5.41, 5.74) is 6.35. The summed E-state index contributed by atoms with van der Waals surface area (Å²) >= 11 is 0. The lowest BCUT2D eigenvalue weighted by molar-refractivity contribution is 0.255. The number of nitrogens with two attached hydrogens (primary N) is 1. The van der Waals surface area contributed by atoms with Crippen molar-refractivity contribution in [3.63, 3.8) is 0 Å². The molecule has 1 heteroatoms. The maximum absolute atomic E-state index is 6.10. The predicted octanol–water partition coefficient (Wildman–Crippen LogP) is 3.19. The molecule has 0 bridgehead atoms. The second-order valence-corrected chi connectivity index (χ2v) is 5.55. The van der Waals surface area contributed by atoms with Crippen LogP contribution in [-0.2, 0) is 0 Å². The lowest BCUT2D eigenvalue weighted by atomic mass is 9.81. The maximum Gasteiger partial charge on any atom is 0.0155 e. The van der Waals surface area contributed by atoms with E-state index in [4.69, 9.17) is 5.73 Å². The van der Waals surface area contributed by atoms with Crippen molar-refractivity contribution >= 4 is 0 Å². The number of rotatable bonds is 5. The number of hydrogen-bond donors (Lipinski definition) is 1. The van der Waals surface area contributed by atoms with Gasteiger partial charge in [0.1, 0.15) is 0 Å². The third kappa shape index (κ3) is 3.30. The molecule has 0 aromatic carbocycles. The van der Waals surface area contributed by atoms with Crippen molar-refractivity contribution in [1.29, 1.82) is 0 Å². The van der Waals surface area contributed by atoms with Crippen molar-refractivity contribution in [3.05, 3.63) is 0 Å². The molecule has 0 aromatic rings. The van der Waals surface area contributed by atoms with Crippen molar-refractivity contribution < 1.29 is 0 Å². The van der Waals surface area contributed by atoms with Gasteiger partial charge < -0.3 is 5.73 Å². The summed E-state index contributed by atoms with van der Waals surface area (Å²) in [6, 6.07) is 0. The SMILES string of the molecule is CC(C)C(CCC1(N)CC1)C(C)C. The van der Waals surface area contributed by atoms with E-state index in [-0.39, 0.29) is 5.54 Å². The summed E-state index contributed by atoms with van der Waals surface area (Å²) in [6.07, 6.45) is 5.09. The molecule has 1 aliphatic carbocycles. The molecule has 13 heavy (non-hydrogen) atoms. The first-order chi connectivity index (χ1) is 5.94. The van der Waals surface area contributed by atoms with E-state index in [1.54, 1.807) is 0 Å². The molecule has 1 fully saturated rings. The standard InChI is InChI=1S/C12H25N/c1-9(2)11(10(3)4)5-6-12(13)7-8-12/h9-11H,5-8,13H2,1-4H3. The molecule has 1 rings (SSSR count). The van der Waals surface area contributed by atoms with Crippen molar-refractivity contribution in [2.45, 2.75) is 58.9 Å². The molecule has 0 atom stereocenters. The summed E-state index contributed by atoms with van der Waals surface area (Å²) in [7, 11) is 0. The van der Waals surface area contributed by atoms with Crippen molar-refractivity contribution in [2.24, 2.45) is 23.5 Å². The minimum Gasteiger partial charge on any atom is -0.325 e. The lowest BCUT2D eigenvalue weighted by Gasteiger charge is -2.26. The van der Waals surface area contributed by atoms with Gasteiger partial charge in [0, 0.05) is 5.54 Å². The zero-order chi connectivity index (χ0) is 10.1. The minimum absolute atomic E-state index is 0.252. The highest BCUT2D eigenvalue weighted by atomic mass is 14.8. The van der Waals surface area contributed by atoms with Crippen molar-refractivity contribution in [2.75, 3.05) is 0 Å². The van der Waals surface area contributed by atoms with Crippen LogP contribution in [0.5, 0.6) is 0 Å². The molecule has 0 amide bonds. The Balaban J connectivity index is 2.30. The van der Waals surface area contributed by atoms with Gasteiger partial charge in [-0.25, -0.2) is 0 Å². The van der Waals surface area contributed by atoms with E-state index in [9.17, 15) is 0 Å². The first-order valence-corrected chi connectivity index (χ1v) is 5.73. The van der Waals surface area contributed by atoms with E-state index < -0.39 is 0 Å². The Labute approximate surface area is 83.1 Å². The molecule has 78 valence electrons. The summed E-state index contributed by atoms with van der Waals surface area (Å²) in [6.45, 7) is 9.34. The van der Waals surface area contributed by atoms with E-state index in [0.29, 0.717) is 0 Å². The first-order valence-electron chi connectivity index (χ1n) is 5.73. The maximum atomic E-state index is 6.10. The van der Waals surface area contributed by atoms with Gasteiger partial charge in [0.05, 0.1) is 0 Å². The second-order valence-electron chi connectivity index (χ2n) is 5.55. The molecule has 1 aliphatic rings. The molecule has 0 unspecified atom stereocenters. The van der Waals surface area contributed by atoms with Crippen LogP contribution in [0.15, 0.2) is 0 Å². The normalized spacial score (nSPS) is 20.3. The van der Waals surface area contributed by atoms with E-state index in [0.717, 1.165) is 17.8 Å². The van der Waals surface area contributed by atoms with Crippen LogP contribution in [-0.4, -0.2) is 5.54 Å². The van der Waals surface area contributed by atoms with Crippen LogP contribution in [0.4, 0.5) is 0 Å². The molecule has 0 aromatic heterocycles. The second kappa shape index (κ2) is 4.00. The van der Waals surface area contributed by atoms with Crippen LogP contribution in [0, 0.1) is 17.8 Å². The van der Waals surface area contributed by atoms with Gasteiger partial charge in [-0.05, 0) is 43.4 Å². The average molecular weight is 183 g/mol. The van der Waals surface area contributed by atoms with Gasteiger partial charge >= 0.3 is 0 Å². The van der Waals surface area contributed by atoms with Crippen LogP contribution < -0.4 is 5.73 Å². The molecule has 1 nitrogen and oxygen atoms in total. The van der Waals surface area contributed by atoms with Crippen LogP contribution >= 0.6 is 0 Å². The van der Waals surface area contributed by atoms with Gasteiger partial charge in [0.25, 0.3) is 0 Å². The molecular weight excluding hydrogens is 158 g/mol. The highest BCUT2D eigenvalue weighted by Crippen LogP contribution is 2.39. The van der Waals surface area contributed by atoms with Gasteiger partial charge in [0.15, 0.2) is 0 Å². The van der Waals surface area contributed by atoms with Crippen LogP contribution in [0.25, 0.3) is 0 Å². The monoisotopic (exact) mass is 183 g/mol. The summed E-state index contributed by atoms with van der Waals surface area (Å²) in [5.74, 6) is 2.48. The van der Waals surface area contributed by atoms with Gasteiger partial charge in [-0.3, -0.25) is 0 Å². The minimum atomic E-state index is 0.252. The average Bonchev–Trinajstić information content (AvgIpc) is 2.67. The number of hydrogen-bond acceptors (Lipinski definition) is 1. The van der Waals surface area contributed by atoms with Crippen molar-refractivity contribution in [1.82, 2.24) is 0 Å². The third-order valence-electron chi connectivity index (χ3n) is 3.58. The smallest absolute Gasteiger partial charge is 0.0155 e. The van der Waals surface area contributed by atoms with Crippen LogP contribution in [0.2, 0.25) is 0 Å². The van der Waals surface area contributed by atoms with Gasteiger partial charge in [-0.1, -0.05) is 27.7 Å². The fourth-order valence-electron chi connectivity index (χ4n) is 2.30. The Morgan fingerprint density at radius 1 is 1.08 bits per heavy atom. The molecule has 0 aliphatic heterocycles. The molecular formula is C12H25N. The molecule has 0 heterocycles. The van der Waals surface area contributed by atoms with Gasteiger partial charge in [-0.2, -0.15) is 0 Å². The zero-order valence-electron chi connectivity index (χ0n) is 9.64. The Bertz CT molecular complexity index is 149. The van der Waals surface area contributed by atoms with Crippen LogP contribution in [0.3, 0.4) is 0 Å². The largest absolute Gasteiger partial charge is 0.325 e. The Hall–Kier alpha value is -0.0400. The van der Waals surface area contributed by atoms with Gasteiger partial charge in [-0.15, -0.1) is 0 Å². The van der Waals surface area contributed by atoms with E-state index in [1.165, 1.54) is 25.7 Å². The molecule has 2 N–H and O–H groups in total. The summed E-state index contributed by atoms with van der Waals surface area (Å²) in [5, 5.41) is 0. The third-order valence-corrected chi connectivity index (χ3v) is 3.58. The summed E-state index contributed by atoms with van der Waals surface area (Å²) in [4.78, 5) is 0. The quantitative estimate of drug-likeness (QED) is 0.696. The fourth-order valence-corrected chi connectivity index (χ4v) is 2.30. The molecule has 1 saturated carbocycles. The van der Waals surface area contributed by atoms with E-state index in [2.05, 4.69) is 27.7 Å². The Morgan fingerprint density at radius 3 is 1.85 bits per heavy atom. The lowest BCUT2D eigenvalue weighted by Crippen LogP contribution is -2.25. The Kier molecular flexibility index (Phi) is 3.39. The van der Waals surface area contributed by atoms with Crippen molar-refractivity contribution in [3.8, 4) is 0 Å². The highest BCUT2D eigenvalue weighted by molar-refractivity contribution is 4.98. The molecule has 0 saturated heterocycles. The predicted molar refractivity (Wildman–Crippen MR) is 58.6 cm³/mol. The van der Waals surface area contributed by atoms with E-state index >= 15 is 0 Å². The topological polar surface area (TPSA) is 26.0 Å².